The highest BCUT2D eigenvalue weighted by atomic mass is 32.1. The molecule has 2 aromatic rings. The lowest BCUT2D eigenvalue weighted by atomic mass is 10.3. The number of aromatic nitrogens is 1. The number of anilines is 2. The Morgan fingerprint density at radius 3 is 2.72 bits per heavy atom. The highest BCUT2D eigenvalue weighted by Gasteiger charge is 2.12. The fourth-order valence-electron chi connectivity index (χ4n) is 1.64. The molecule has 0 atom stereocenters. The average molecular weight is 262 g/mol. The van der Waals surface area contributed by atoms with E-state index in [9.17, 15) is 4.79 Å². The van der Waals surface area contributed by atoms with Crippen LogP contribution in [0.4, 0.5) is 10.8 Å². The van der Waals surface area contributed by atoms with E-state index in [1.54, 1.807) is 14.0 Å². The monoisotopic (exact) mass is 262 g/mol. The fraction of sp³-hybridized carbons (Fsp3) is 0.231. The number of nitrogens with one attached hydrogen (secondary N) is 1. The number of hydrogen-bond donors (Lipinski definition) is 1. The van der Waals surface area contributed by atoms with Crippen LogP contribution in [0.1, 0.15) is 22.3 Å². The number of thiazole rings is 1. The predicted molar refractivity (Wildman–Crippen MR) is 73.1 cm³/mol. The average Bonchev–Trinajstić information content (AvgIpc) is 2.71. The summed E-state index contributed by atoms with van der Waals surface area (Å²) in [7, 11) is 1.62. The van der Waals surface area contributed by atoms with Gasteiger partial charge in [0, 0.05) is 6.92 Å². The van der Waals surface area contributed by atoms with E-state index >= 15 is 0 Å². The Kier molecular flexibility index (Phi) is 3.62. The summed E-state index contributed by atoms with van der Waals surface area (Å²) in [5.41, 5.74) is 1.59. The van der Waals surface area contributed by atoms with Gasteiger partial charge >= 0.3 is 0 Å². The fourth-order valence-corrected chi connectivity index (χ4v) is 2.51. The van der Waals surface area contributed by atoms with Gasteiger partial charge in [0.05, 0.1) is 23.4 Å². The van der Waals surface area contributed by atoms with Crippen molar-refractivity contribution in [1.82, 2.24) is 4.98 Å². The Morgan fingerprint density at radius 1 is 1.39 bits per heavy atom. The zero-order valence-corrected chi connectivity index (χ0v) is 11.3. The topological polar surface area (TPSA) is 51.2 Å². The van der Waals surface area contributed by atoms with Crippen LogP contribution in [-0.2, 0) is 0 Å². The van der Waals surface area contributed by atoms with E-state index in [-0.39, 0.29) is 5.78 Å². The van der Waals surface area contributed by atoms with Crippen molar-refractivity contribution in [1.29, 1.82) is 0 Å². The van der Waals surface area contributed by atoms with Crippen molar-refractivity contribution < 1.29 is 9.53 Å². The first-order valence-electron chi connectivity index (χ1n) is 5.50. The molecule has 0 aliphatic rings. The number of ketones is 1. The van der Waals surface area contributed by atoms with Gasteiger partial charge in [0.15, 0.2) is 10.9 Å². The van der Waals surface area contributed by atoms with Crippen molar-refractivity contribution >= 4 is 27.9 Å². The molecule has 4 nitrogen and oxygen atoms in total. The normalized spacial score (nSPS) is 10.2. The molecule has 5 heteroatoms. The van der Waals surface area contributed by atoms with Gasteiger partial charge in [-0.1, -0.05) is 23.5 Å². The van der Waals surface area contributed by atoms with Gasteiger partial charge < -0.3 is 10.1 Å². The summed E-state index contributed by atoms with van der Waals surface area (Å²) in [5.74, 6) is 0.785. The molecule has 2 rings (SSSR count). The number of benzene rings is 1. The number of Topliss-reactive ketones (excluding diaryl/α,β-unsaturated/α-hetero) is 1. The molecular weight excluding hydrogens is 248 g/mol. The van der Waals surface area contributed by atoms with Gasteiger partial charge in [-0.2, -0.15) is 0 Å². The number of para-hydroxylation sites is 2. The number of carbonyl (C=O) groups is 1. The zero-order valence-electron chi connectivity index (χ0n) is 10.5. The molecule has 94 valence electrons. The third-order valence-corrected chi connectivity index (χ3v) is 3.64. The van der Waals surface area contributed by atoms with Crippen LogP contribution >= 0.6 is 11.3 Å². The first-order chi connectivity index (χ1) is 8.61. The quantitative estimate of drug-likeness (QED) is 0.858. The summed E-state index contributed by atoms with van der Waals surface area (Å²) in [4.78, 5) is 16.4. The second kappa shape index (κ2) is 5.18. The number of ether oxygens (including phenoxy) is 1. The minimum absolute atomic E-state index is 0.0399. The highest BCUT2D eigenvalue weighted by molar-refractivity contribution is 7.17. The minimum Gasteiger partial charge on any atom is -0.495 e. The number of rotatable bonds is 4. The van der Waals surface area contributed by atoms with Crippen LogP contribution in [0.25, 0.3) is 0 Å². The lowest BCUT2D eigenvalue weighted by Gasteiger charge is -2.07. The second-order valence-electron chi connectivity index (χ2n) is 3.82. The molecule has 1 aromatic heterocycles. The van der Waals surface area contributed by atoms with Crippen LogP contribution in [0, 0.1) is 6.92 Å². The maximum absolute atomic E-state index is 11.4. The summed E-state index contributed by atoms with van der Waals surface area (Å²) in [6, 6.07) is 7.59. The van der Waals surface area contributed by atoms with Gasteiger partial charge in [-0.3, -0.25) is 4.79 Å². The molecular formula is C13H14N2O2S. The van der Waals surface area contributed by atoms with E-state index in [4.69, 9.17) is 4.74 Å². The van der Waals surface area contributed by atoms with Crippen LogP contribution in [-0.4, -0.2) is 17.9 Å². The van der Waals surface area contributed by atoms with Gasteiger partial charge in [-0.15, -0.1) is 0 Å². The number of hydrogen-bond acceptors (Lipinski definition) is 5. The van der Waals surface area contributed by atoms with Gasteiger partial charge in [0.25, 0.3) is 0 Å². The Bertz CT molecular complexity index is 578. The first-order valence-corrected chi connectivity index (χ1v) is 6.32. The van der Waals surface area contributed by atoms with E-state index in [0.717, 1.165) is 17.1 Å². The van der Waals surface area contributed by atoms with E-state index in [0.29, 0.717) is 10.0 Å². The largest absolute Gasteiger partial charge is 0.495 e. The third kappa shape index (κ3) is 2.51. The molecule has 0 spiro atoms. The Morgan fingerprint density at radius 2 is 2.11 bits per heavy atom. The molecule has 1 aromatic carbocycles. The third-order valence-electron chi connectivity index (χ3n) is 2.46. The highest BCUT2D eigenvalue weighted by Crippen LogP contribution is 2.30. The maximum atomic E-state index is 11.4. The molecule has 0 bridgehead atoms. The molecule has 0 saturated heterocycles. The second-order valence-corrected chi connectivity index (χ2v) is 4.81. The number of methoxy groups -OCH3 is 1. The molecule has 0 fully saturated rings. The van der Waals surface area contributed by atoms with E-state index in [1.165, 1.54) is 11.3 Å². The Labute approximate surface area is 110 Å². The van der Waals surface area contributed by atoms with Crippen LogP contribution in [0.15, 0.2) is 24.3 Å². The van der Waals surface area contributed by atoms with Crippen molar-refractivity contribution in [2.45, 2.75) is 13.8 Å². The number of aryl methyl sites for hydroxylation is 1. The molecule has 0 radical (unpaired) electrons. The van der Waals surface area contributed by atoms with Gasteiger partial charge in [0.2, 0.25) is 0 Å². The summed E-state index contributed by atoms with van der Waals surface area (Å²) in [5, 5.41) is 3.87. The molecule has 0 amide bonds. The molecule has 1 heterocycles. The Balaban J connectivity index is 2.29. The minimum atomic E-state index is 0.0399. The lowest BCUT2D eigenvalue weighted by molar-refractivity contribution is 0.102. The summed E-state index contributed by atoms with van der Waals surface area (Å²) in [6.07, 6.45) is 0. The van der Waals surface area contributed by atoms with Crippen molar-refractivity contribution in [3.05, 3.63) is 34.8 Å². The maximum Gasteiger partial charge on any atom is 0.188 e. The van der Waals surface area contributed by atoms with Crippen LogP contribution in [0.3, 0.4) is 0 Å². The van der Waals surface area contributed by atoms with Crippen molar-refractivity contribution in [2.75, 3.05) is 12.4 Å². The molecule has 1 N–H and O–H groups in total. The van der Waals surface area contributed by atoms with Crippen LogP contribution < -0.4 is 10.1 Å². The Hall–Kier alpha value is -1.88. The van der Waals surface area contributed by atoms with Crippen molar-refractivity contribution in [2.24, 2.45) is 0 Å². The standard InChI is InChI=1S/C13H14N2O2S/c1-8-12(9(2)16)18-13(14-8)15-10-6-4-5-7-11(10)17-3/h4-7H,1-3H3,(H,14,15). The zero-order chi connectivity index (χ0) is 13.1. The van der Waals surface area contributed by atoms with E-state index in [1.807, 2.05) is 31.2 Å². The summed E-state index contributed by atoms with van der Waals surface area (Å²) in [6.45, 7) is 3.38. The predicted octanol–water partition coefficient (Wildman–Crippen LogP) is 3.41. The smallest absolute Gasteiger partial charge is 0.188 e. The molecule has 0 saturated carbocycles. The number of carbonyl (C=O) groups excluding carboxylic acids is 1. The van der Waals surface area contributed by atoms with E-state index in [2.05, 4.69) is 10.3 Å². The van der Waals surface area contributed by atoms with Crippen molar-refractivity contribution in [3.8, 4) is 5.75 Å². The molecule has 18 heavy (non-hydrogen) atoms. The first kappa shape index (κ1) is 12.6. The summed E-state index contributed by atoms with van der Waals surface area (Å²) < 4.78 is 5.25. The van der Waals surface area contributed by atoms with Gasteiger partial charge in [-0.05, 0) is 19.1 Å². The summed E-state index contributed by atoms with van der Waals surface area (Å²) >= 11 is 1.35. The molecule has 0 unspecified atom stereocenters. The SMILES string of the molecule is COc1ccccc1Nc1nc(C)c(C(C)=O)s1. The van der Waals surface area contributed by atoms with Crippen molar-refractivity contribution in [3.63, 3.8) is 0 Å². The van der Waals surface area contributed by atoms with Gasteiger partial charge in [0.1, 0.15) is 5.75 Å². The van der Waals surface area contributed by atoms with Crippen LogP contribution in [0.5, 0.6) is 5.75 Å². The number of nitrogens with zero attached hydrogens (tertiary/aromatic N) is 1. The van der Waals surface area contributed by atoms with Gasteiger partial charge in [-0.25, -0.2) is 4.98 Å². The van der Waals surface area contributed by atoms with Crippen LogP contribution in [0.2, 0.25) is 0 Å². The molecule has 0 aliphatic carbocycles. The van der Waals surface area contributed by atoms with E-state index < -0.39 is 0 Å². The molecule has 0 aliphatic heterocycles. The lowest BCUT2D eigenvalue weighted by Crippen LogP contribution is -1.93.